The molecular weight excluding hydrogens is 296 g/mol. The molecule has 0 atom stereocenters. The first-order valence-corrected chi connectivity index (χ1v) is 7.49. The molecule has 0 saturated heterocycles. The molecule has 1 aliphatic rings. The Labute approximate surface area is 133 Å². The summed E-state index contributed by atoms with van der Waals surface area (Å²) < 4.78 is 1.78. The highest BCUT2D eigenvalue weighted by molar-refractivity contribution is 6.30. The Balaban J connectivity index is 1.65. The van der Waals surface area contributed by atoms with Gasteiger partial charge < -0.3 is 4.57 Å². The maximum Gasteiger partial charge on any atom is 0.182 e. The normalized spacial score (nSPS) is 12.0. The predicted octanol–water partition coefficient (Wildman–Crippen LogP) is 3.99. The zero-order chi connectivity index (χ0) is 15.1. The Morgan fingerprint density at radius 3 is 2.68 bits per heavy atom. The van der Waals surface area contributed by atoms with E-state index in [1.165, 1.54) is 22.3 Å². The fourth-order valence-corrected chi connectivity index (χ4v) is 3.18. The van der Waals surface area contributed by atoms with Gasteiger partial charge in [0, 0.05) is 23.0 Å². The molecule has 4 heteroatoms. The summed E-state index contributed by atoms with van der Waals surface area (Å²) in [5, 5.41) is 0.753. The van der Waals surface area contributed by atoms with E-state index in [1.54, 1.807) is 23.3 Å². The molecular formula is C18H13ClN2O. The van der Waals surface area contributed by atoms with Crippen LogP contribution >= 0.6 is 11.6 Å². The van der Waals surface area contributed by atoms with Crippen molar-refractivity contribution in [3.63, 3.8) is 0 Å². The van der Waals surface area contributed by atoms with Gasteiger partial charge in [0.15, 0.2) is 5.78 Å². The first kappa shape index (κ1) is 13.3. The largest absolute Gasteiger partial charge is 0.330 e. The summed E-state index contributed by atoms with van der Waals surface area (Å²) in [5.74, 6) is 0.0924. The van der Waals surface area contributed by atoms with Crippen LogP contribution in [0.3, 0.4) is 0 Å². The fourth-order valence-electron chi connectivity index (χ4n) is 2.99. The molecule has 0 spiro atoms. The lowest BCUT2D eigenvalue weighted by atomic mass is 10.0. The molecule has 3 aromatic rings. The Hall–Kier alpha value is -2.39. The third kappa shape index (κ3) is 2.24. The van der Waals surface area contributed by atoms with Gasteiger partial charge in [-0.1, -0.05) is 29.8 Å². The number of aromatic nitrogens is 2. The number of ketones is 1. The minimum Gasteiger partial charge on any atom is -0.330 e. The van der Waals surface area contributed by atoms with Crippen LogP contribution in [0.5, 0.6) is 0 Å². The van der Waals surface area contributed by atoms with Crippen molar-refractivity contribution in [2.24, 2.45) is 0 Å². The van der Waals surface area contributed by atoms with Crippen molar-refractivity contribution in [1.82, 2.24) is 9.55 Å². The number of rotatable bonds is 3. The molecule has 0 radical (unpaired) electrons. The van der Waals surface area contributed by atoms with E-state index < -0.39 is 0 Å². The second-order valence-corrected chi connectivity index (χ2v) is 5.94. The summed E-state index contributed by atoms with van der Waals surface area (Å²) in [4.78, 5) is 16.3. The molecule has 0 unspecified atom stereocenters. The summed E-state index contributed by atoms with van der Waals surface area (Å²) in [6.07, 6.45) is 5.96. The van der Waals surface area contributed by atoms with Crippen LogP contribution in [-0.2, 0) is 13.0 Å². The smallest absolute Gasteiger partial charge is 0.182 e. The monoisotopic (exact) mass is 308 g/mol. The molecule has 1 aromatic heterocycles. The van der Waals surface area contributed by atoms with E-state index >= 15 is 0 Å². The zero-order valence-electron chi connectivity index (χ0n) is 11.8. The number of hydrogen-bond acceptors (Lipinski definition) is 2. The van der Waals surface area contributed by atoms with E-state index in [-0.39, 0.29) is 5.78 Å². The van der Waals surface area contributed by atoms with Crippen LogP contribution in [0.2, 0.25) is 5.02 Å². The Kier molecular flexibility index (Phi) is 3.09. The van der Waals surface area contributed by atoms with Gasteiger partial charge in [-0.3, -0.25) is 4.79 Å². The first-order chi connectivity index (χ1) is 10.7. The van der Waals surface area contributed by atoms with E-state index in [0.717, 1.165) is 17.0 Å². The summed E-state index contributed by atoms with van der Waals surface area (Å²) in [6.45, 7) is 0.317. The Morgan fingerprint density at radius 1 is 1.14 bits per heavy atom. The number of carbonyl (C=O) groups excluding carboxylic acids is 1. The van der Waals surface area contributed by atoms with Gasteiger partial charge in [0.05, 0.1) is 12.9 Å². The van der Waals surface area contributed by atoms with E-state index in [2.05, 4.69) is 11.1 Å². The summed E-state index contributed by atoms with van der Waals surface area (Å²) in [7, 11) is 0. The van der Waals surface area contributed by atoms with Gasteiger partial charge in [-0.15, -0.1) is 0 Å². The van der Waals surface area contributed by atoms with Crippen molar-refractivity contribution in [2.45, 2.75) is 13.0 Å². The summed E-state index contributed by atoms with van der Waals surface area (Å²) in [6, 6.07) is 11.9. The second kappa shape index (κ2) is 5.11. The van der Waals surface area contributed by atoms with Crippen LogP contribution in [0.4, 0.5) is 0 Å². The number of fused-ring (bicyclic) bond motifs is 3. The molecule has 1 aliphatic carbocycles. The number of carbonyl (C=O) groups is 1. The highest BCUT2D eigenvalue weighted by atomic mass is 35.5. The van der Waals surface area contributed by atoms with E-state index in [4.69, 9.17) is 11.6 Å². The molecule has 4 rings (SSSR count). The van der Waals surface area contributed by atoms with E-state index in [0.29, 0.717) is 6.54 Å². The average Bonchev–Trinajstić information content (AvgIpc) is 3.12. The van der Waals surface area contributed by atoms with Crippen molar-refractivity contribution in [3.05, 3.63) is 76.8 Å². The van der Waals surface area contributed by atoms with Gasteiger partial charge in [0.25, 0.3) is 0 Å². The van der Waals surface area contributed by atoms with Gasteiger partial charge in [-0.25, -0.2) is 4.98 Å². The molecule has 108 valence electrons. The second-order valence-electron chi connectivity index (χ2n) is 5.51. The Morgan fingerprint density at radius 2 is 1.91 bits per heavy atom. The number of halogens is 1. The minimum absolute atomic E-state index is 0.0924. The van der Waals surface area contributed by atoms with Gasteiger partial charge in [-0.05, 0) is 46.9 Å². The number of benzene rings is 2. The van der Waals surface area contributed by atoms with Crippen LogP contribution in [-0.4, -0.2) is 15.3 Å². The highest BCUT2D eigenvalue weighted by Gasteiger charge is 2.20. The number of nitrogens with zero attached hydrogens (tertiary/aromatic N) is 2. The molecule has 1 heterocycles. The molecule has 0 N–H and O–H groups in total. The van der Waals surface area contributed by atoms with E-state index in [9.17, 15) is 4.79 Å². The van der Waals surface area contributed by atoms with Crippen LogP contribution in [0.1, 0.15) is 21.5 Å². The maximum atomic E-state index is 12.4. The first-order valence-electron chi connectivity index (χ1n) is 7.11. The van der Waals surface area contributed by atoms with Gasteiger partial charge in [0.1, 0.15) is 0 Å². The van der Waals surface area contributed by atoms with Crippen LogP contribution in [0.25, 0.3) is 11.1 Å². The maximum absolute atomic E-state index is 12.4. The quantitative estimate of drug-likeness (QED) is 0.536. The van der Waals surface area contributed by atoms with Crippen LogP contribution in [0, 0.1) is 0 Å². The van der Waals surface area contributed by atoms with Gasteiger partial charge in [-0.2, -0.15) is 0 Å². The fraction of sp³-hybridized carbons (Fsp3) is 0.111. The molecule has 0 aliphatic heterocycles. The Bertz CT molecular complexity index is 869. The van der Waals surface area contributed by atoms with Gasteiger partial charge in [0.2, 0.25) is 0 Å². The van der Waals surface area contributed by atoms with E-state index in [1.807, 2.05) is 30.3 Å². The zero-order valence-corrected chi connectivity index (χ0v) is 12.5. The van der Waals surface area contributed by atoms with Crippen LogP contribution in [0.15, 0.2) is 55.1 Å². The van der Waals surface area contributed by atoms with Gasteiger partial charge >= 0.3 is 0 Å². The number of imidazole rings is 1. The molecule has 0 bridgehead atoms. The van der Waals surface area contributed by atoms with Crippen molar-refractivity contribution in [2.75, 3.05) is 0 Å². The molecule has 0 saturated carbocycles. The average molecular weight is 309 g/mol. The summed E-state index contributed by atoms with van der Waals surface area (Å²) in [5.41, 5.74) is 5.57. The molecule has 0 fully saturated rings. The van der Waals surface area contributed by atoms with Crippen molar-refractivity contribution in [3.8, 4) is 11.1 Å². The third-order valence-corrected chi connectivity index (χ3v) is 4.29. The predicted molar refractivity (Wildman–Crippen MR) is 86.3 cm³/mol. The lowest BCUT2D eigenvalue weighted by Gasteiger charge is -2.05. The molecule has 2 aromatic carbocycles. The summed E-state index contributed by atoms with van der Waals surface area (Å²) >= 11 is 6.06. The number of Topliss-reactive ketones (excluding diaryl/α,β-unsaturated/α-hetero) is 1. The lowest BCUT2D eigenvalue weighted by Crippen LogP contribution is -2.09. The van der Waals surface area contributed by atoms with Crippen molar-refractivity contribution in [1.29, 1.82) is 0 Å². The lowest BCUT2D eigenvalue weighted by molar-refractivity contribution is 0.0972. The third-order valence-electron chi connectivity index (χ3n) is 4.05. The minimum atomic E-state index is 0.0924. The molecule has 22 heavy (non-hydrogen) atoms. The SMILES string of the molecule is O=C(Cn1ccnc1)c1ccc2c(c1)Cc1cc(Cl)ccc1-2. The van der Waals surface area contributed by atoms with Crippen molar-refractivity contribution < 1.29 is 4.79 Å². The highest BCUT2D eigenvalue weighted by Crippen LogP contribution is 2.38. The molecule has 0 amide bonds. The number of hydrogen-bond donors (Lipinski definition) is 0. The molecule has 3 nitrogen and oxygen atoms in total. The topological polar surface area (TPSA) is 34.9 Å². The standard InChI is InChI=1S/C18H13ClN2O/c19-15-2-4-17-14(9-15)8-13-7-12(1-3-16(13)17)18(22)10-21-6-5-20-11-21/h1-7,9,11H,8,10H2. The van der Waals surface area contributed by atoms with Crippen LogP contribution < -0.4 is 0 Å². The van der Waals surface area contributed by atoms with Crippen molar-refractivity contribution >= 4 is 17.4 Å².